The van der Waals surface area contributed by atoms with Crippen LogP contribution >= 0.6 is 0 Å². The van der Waals surface area contributed by atoms with Gasteiger partial charge < -0.3 is 19.4 Å². The predicted molar refractivity (Wildman–Crippen MR) is 122 cm³/mol. The average molecular weight is 422 g/mol. The van der Waals surface area contributed by atoms with E-state index in [-0.39, 0.29) is 12.6 Å². The molecule has 1 aliphatic rings. The minimum absolute atomic E-state index is 0.176. The van der Waals surface area contributed by atoms with Crippen molar-refractivity contribution in [1.29, 1.82) is 0 Å². The zero-order valence-electron chi connectivity index (χ0n) is 17.7. The van der Waals surface area contributed by atoms with Crippen LogP contribution < -0.4 is 15.1 Å². The summed E-state index contributed by atoms with van der Waals surface area (Å²) in [5.74, 6) is 1.43. The summed E-state index contributed by atoms with van der Waals surface area (Å²) in [4.78, 5) is 18.7. The summed E-state index contributed by atoms with van der Waals surface area (Å²) < 4.78 is 11.0. The van der Waals surface area contributed by atoms with Crippen molar-refractivity contribution in [3.8, 4) is 6.01 Å². The summed E-state index contributed by atoms with van der Waals surface area (Å²) in [7, 11) is 0. The fourth-order valence-corrected chi connectivity index (χ4v) is 3.45. The van der Waals surface area contributed by atoms with E-state index in [4.69, 9.17) is 9.47 Å². The number of aromatic amines is 1. The first-order valence-corrected chi connectivity index (χ1v) is 10.5. The first kappa shape index (κ1) is 20.6. The van der Waals surface area contributed by atoms with Gasteiger partial charge in [-0.05, 0) is 32.3 Å². The number of ether oxygens (including phenoxy) is 2. The van der Waals surface area contributed by atoms with E-state index in [2.05, 4.69) is 41.9 Å². The van der Waals surface area contributed by atoms with Gasteiger partial charge in [0.25, 0.3) is 5.95 Å². The van der Waals surface area contributed by atoms with Crippen molar-refractivity contribution < 1.29 is 9.47 Å². The normalized spacial score (nSPS) is 14.2. The quantitative estimate of drug-likeness (QED) is 0.308. The Bertz CT molecular complexity index is 1060. The molecule has 31 heavy (non-hydrogen) atoms. The number of hydrazone groups is 1. The lowest BCUT2D eigenvalue weighted by Crippen LogP contribution is -2.31. The second kappa shape index (κ2) is 9.92. The van der Waals surface area contributed by atoms with Crippen LogP contribution in [0.5, 0.6) is 6.01 Å². The van der Waals surface area contributed by atoms with Crippen LogP contribution in [0.15, 0.2) is 47.9 Å². The van der Waals surface area contributed by atoms with E-state index >= 15 is 0 Å². The van der Waals surface area contributed by atoms with Gasteiger partial charge in [-0.2, -0.15) is 20.1 Å². The number of H-pyrrole nitrogens is 1. The summed E-state index contributed by atoms with van der Waals surface area (Å²) >= 11 is 0. The van der Waals surface area contributed by atoms with Crippen molar-refractivity contribution in [2.75, 3.05) is 36.6 Å². The molecule has 0 aliphatic carbocycles. The number of piperidine rings is 1. The van der Waals surface area contributed by atoms with Crippen LogP contribution in [0, 0.1) is 0 Å². The summed E-state index contributed by atoms with van der Waals surface area (Å²) in [6.07, 6.45) is 7.10. The number of aromatic nitrogens is 4. The van der Waals surface area contributed by atoms with Crippen LogP contribution in [-0.4, -0.2) is 52.5 Å². The highest BCUT2D eigenvalue weighted by Gasteiger charge is 2.17. The zero-order chi connectivity index (χ0) is 21.5. The summed E-state index contributed by atoms with van der Waals surface area (Å²) in [6.45, 7) is 8.26. The highest BCUT2D eigenvalue weighted by atomic mass is 16.5. The number of nitrogens with one attached hydrogen (secondary N) is 2. The van der Waals surface area contributed by atoms with Crippen LogP contribution in [0.1, 0.15) is 31.7 Å². The largest absolute Gasteiger partial charge is 0.495 e. The van der Waals surface area contributed by atoms with Gasteiger partial charge in [0.15, 0.2) is 0 Å². The van der Waals surface area contributed by atoms with E-state index in [1.807, 2.05) is 37.4 Å². The van der Waals surface area contributed by atoms with Crippen LogP contribution in [-0.2, 0) is 4.74 Å². The average Bonchev–Trinajstić information content (AvgIpc) is 3.22. The number of hydrogen-bond acceptors (Lipinski definition) is 8. The van der Waals surface area contributed by atoms with Crippen LogP contribution in [0.2, 0.25) is 0 Å². The molecule has 1 aliphatic heterocycles. The minimum Gasteiger partial charge on any atom is -0.495 e. The van der Waals surface area contributed by atoms with Gasteiger partial charge in [-0.1, -0.05) is 24.8 Å². The van der Waals surface area contributed by atoms with Gasteiger partial charge in [0.05, 0.1) is 12.8 Å². The second-order valence-electron chi connectivity index (χ2n) is 7.21. The number of para-hydroxylation sites is 1. The summed E-state index contributed by atoms with van der Waals surface area (Å²) in [6, 6.07) is 8.27. The molecule has 2 aromatic heterocycles. The van der Waals surface area contributed by atoms with Crippen LogP contribution in [0.4, 0.5) is 11.9 Å². The van der Waals surface area contributed by atoms with Crippen LogP contribution in [0.3, 0.4) is 0 Å². The molecule has 1 saturated heterocycles. The fourth-order valence-electron chi connectivity index (χ4n) is 3.45. The smallest absolute Gasteiger partial charge is 0.323 e. The summed E-state index contributed by atoms with van der Waals surface area (Å²) in [5, 5.41) is 5.42. The minimum atomic E-state index is 0.176. The molecule has 2 N–H and O–H groups in total. The van der Waals surface area contributed by atoms with Crippen LogP contribution in [0.25, 0.3) is 10.9 Å². The molecule has 0 bridgehead atoms. The van der Waals surface area contributed by atoms with Crippen molar-refractivity contribution in [2.45, 2.75) is 26.2 Å². The van der Waals surface area contributed by atoms with Gasteiger partial charge in [-0.3, -0.25) is 0 Å². The Balaban J connectivity index is 1.51. The molecule has 0 atom stereocenters. The Morgan fingerprint density at radius 1 is 1.23 bits per heavy atom. The van der Waals surface area contributed by atoms with Gasteiger partial charge in [0.2, 0.25) is 5.95 Å². The van der Waals surface area contributed by atoms with E-state index in [9.17, 15) is 0 Å². The van der Waals surface area contributed by atoms with E-state index in [1.54, 1.807) is 6.21 Å². The Morgan fingerprint density at radius 3 is 2.90 bits per heavy atom. The maximum Gasteiger partial charge on any atom is 0.323 e. The maximum atomic E-state index is 5.69. The van der Waals surface area contributed by atoms with E-state index in [0.717, 1.165) is 42.4 Å². The highest BCUT2D eigenvalue weighted by Crippen LogP contribution is 2.20. The number of nitrogens with zero attached hydrogens (tertiary/aromatic N) is 5. The maximum absolute atomic E-state index is 5.69. The van der Waals surface area contributed by atoms with Crippen molar-refractivity contribution in [2.24, 2.45) is 5.10 Å². The van der Waals surface area contributed by atoms with E-state index in [0.29, 0.717) is 24.3 Å². The Kier molecular flexibility index (Phi) is 6.61. The van der Waals surface area contributed by atoms with Gasteiger partial charge in [-0.25, -0.2) is 5.43 Å². The first-order chi connectivity index (χ1) is 15.2. The van der Waals surface area contributed by atoms with Gasteiger partial charge in [0.1, 0.15) is 12.4 Å². The molecule has 9 heteroatoms. The Hall–Kier alpha value is -3.62. The molecule has 0 saturated carbocycles. The second-order valence-corrected chi connectivity index (χ2v) is 7.21. The fraction of sp³-hybridized carbons (Fsp3) is 0.364. The number of fused-ring (bicyclic) bond motifs is 1. The molecule has 0 radical (unpaired) electrons. The SMILES string of the molecule is C=C(COc1nc(N/N=C/c2c[nH]c3ccccc23)nc(N2CCCCC2)n1)OCC. The molecule has 9 nitrogen and oxygen atoms in total. The van der Waals surface area contributed by atoms with Crippen molar-refractivity contribution in [3.63, 3.8) is 0 Å². The predicted octanol–water partition coefficient (Wildman–Crippen LogP) is 3.72. The third kappa shape index (κ3) is 5.30. The number of benzene rings is 1. The lowest BCUT2D eigenvalue weighted by molar-refractivity contribution is 0.176. The Morgan fingerprint density at radius 2 is 2.06 bits per heavy atom. The summed E-state index contributed by atoms with van der Waals surface area (Å²) in [5.41, 5.74) is 4.94. The Labute approximate surface area is 181 Å². The zero-order valence-corrected chi connectivity index (χ0v) is 17.7. The van der Waals surface area contributed by atoms with Gasteiger partial charge >= 0.3 is 6.01 Å². The number of rotatable bonds is 9. The van der Waals surface area contributed by atoms with Gasteiger partial charge in [-0.15, -0.1) is 0 Å². The molecule has 1 aromatic carbocycles. The molecule has 0 amide bonds. The molecule has 0 spiro atoms. The monoisotopic (exact) mass is 421 g/mol. The highest BCUT2D eigenvalue weighted by molar-refractivity contribution is 5.99. The lowest BCUT2D eigenvalue weighted by atomic mass is 10.1. The number of hydrogen-bond donors (Lipinski definition) is 2. The van der Waals surface area contributed by atoms with E-state index in [1.165, 1.54) is 6.42 Å². The molecule has 0 unspecified atom stereocenters. The number of anilines is 2. The molecule has 162 valence electrons. The molecule has 1 fully saturated rings. The molecular formula is C22H27N7O2. The first-order valence-electron chi connectivity index (χ1n) is 10.5. The van der Waals surface area contributed by atoms with Crippen molar-refractivity contribution in [3.05, 3.63) is 48.4 Å². The molecule has 4 rings (SSSR count). The molecular weight excluding hydrogens is 394 g/mol. The van der Waals surface area contributed by atoms with Crippen molar-refractivity contribution >= 4 is 29.0 Å². The van der Waals surface area contributed by atoms with Crippen molar-refractivity contribution in [1.82, 2.24) is 19.9 Å². The standard InChI is InChI=1S/C22H27N7O2/c1-3-30-16(2)15-31-22-26-20(25-21(27-22)29-11-7-4-8-12-29)28-24-14-17-13-23-19-10-6-5-9-18(17)19/h5-6,9-10,13-14,23H,2-4,7-8,11-12,15H2,1H3,(H,25,26,27,28)/b24-14+. The van der Waals surface area contributed by atoms with Gasteiger partial charge in [0, 0.05) is 35.8 Å². The third-order valence-corrected chi connectivity index (χ3v) is 4.94. The van der Waals surface area contributed by atoms with E-state index < -0.39 is 0 Å². The topological polar surface area (TPSA) is 101 Å². The lowest BCUT2D eigenvalue weighted by Gasteiger charge is -2.26. The molecule has 3 aromatic rings. The third-order valence-electron chi connectivity index (χ3n) is 4.94. The molecule has 3 heterocycles.